The SMILES string of the molecule is [Pt+2].[c-]1c(Oc2[c-]c(C3(c4ccccn4)c4ccccc4Sc4ccccc43)ccc2)cccc1-c1nccc2ccccc12. The number of rotatable bonds is 5. The number of benzene rings is 5. The zero-order chi connectivity index (χ0) is 28.6. The van der Waals surface area contributed by atoms with E-state index in [1.165, 1.54) is 20.9 Å². The van der Waals surface area contributed by atoms with Crippen LogP contribution < -0.4 is 4.74 Å². The molecular weight excluding hydrogens is 740 g/mol. The molecule has 8 rings (SSSR count). The molecule has 0 atom stereocenters. The Balaban J connectivity index is 0.00000312. The monoisotopic (exact) mass is 763 g/mol. The van der Waals surface area contributed by atoms with Crippen molar-refractivity contribution in [1.29, 1.82) is 0 Å². The Morgan fingerprint density at radius 3 is 2.02 bits per heavy atom. The van der Waals surface area contributed by atoms with Crippen LogP contribution in [0.1, 0.15) is 22.4 Å². The summed E-state index contributed by atoms with van der Waals surface area (Å²) in [6.07, 6.45) is 3.71. The molecule has 1 aliphatic heterocycles. The van der Waals surface area contributed by atoms with Crippen LogP contribution in [0.3, 0.4) is 0 Å². The maximum atomic E-state index is 6.48. The van der Waals surface area contributed by atoms with E-state index in [9.17, 15) is 0 Å². The average Bonchev–Trinajstić information content (AvgIpc) is 3.07. The average molecular weight is 764 g/mol. The minimum absolute atomic E-state index is 0. The first kappa shape index (κ1) is 28.3. The molecule has 3 nitrogen and oxygen atoms in total. The number of hydrogen-bond donors (Lipinski definition) is 0. The standard InChI is InChI=1S/C39H24N2OS.Pt/c1-2-16-32-27(11-1)22-24-41-38(32)28-12-9-14-30(25-28)42-31-15-10-13-29(26-31)39(37-21-7-8-23-40-37)33-17-3-5-19-35(33)43-36-20-6-4-18-34(36)39;/h1-24H;/q-2;+2. The second-order valence-electron chi connectivity index (χ2n) is 10.4. The molecule has 0 spiro atoms. The number of fused-ring (bicyclic) bond motifs is 3. The molecule has 0 fully saturated rings. The molecule has 7 aromatic rings. The zero-order valence-corrected chi connectivity index (χ0v) is 26.5. The van der Waals surface area contributed by atoms with Crippen molar-refractivity contribution in [1.82, 2.24) is 9.97 Å². The van der Waals surface area contributed by atoms with Gasteiger partial charge >= 0.3 is 21.1 Å². The van der Waals surface area contributed by atoms with Crippen LogP contribution in [0, 0.1) is 12.1 Å². The molecule has 3 heterocycles. The van der Waals surface area contributed by atoms with Crippen molar-refractivity contribution in [3.05, 3.63) is 180 Å². The first-order valence-electron chi connectivity index (χ1n) is 14.2. The van der Waals surface area contributed by atoms with Gasteiger partial charge in [-0.1, -0.05) is 84.6 Å². The fraction of sp³-hybridized carbons (Fsp3) is 0.0256. The van der Waals surface area contributed by atoms with E-state index in [4.69, 9.17) is 9.72 Å². The van der Waals surface area contributed by atoms with Gasteiger partial charge in [0, 0.05) is 33.7 Å². The summed E-state index contributed by atoms with van der Waals surface area (Å²) in [6, 6.07) is 52.8. The Morgan fingerprint density at radius 2 is 1.25 bits per heavy atom. The normalized spacial score (nSPS) is 12.9. The quantitative estimate of drug-likeness (QED) is 0.164. The molecule has 0 amide bonds. The van der Waals surface area contributed by atoms with Crippen LogP contribution in [0.15, 0.2) is 156 Å². The molecule has 212 valence electrons. The van der Waals surface area contributed by atoms with Gasteiger partial charge in [-0.2, -0.15) is 12.1 Å². The molecule has 0 bridgehead atoms. The van der Waals surface area contributed by atoms with Gasteiger partial charge in [0.05, 0.1) is 11.1 Å². The summed E-state index contributed by atoms with van der Waals surface area (Å²) < 4.78 is 6.48. The van der Waals surface area contributed by atoms with Gasteiger partial charge in [-0.3, -0.25) is 4.98 Å². The van der Waals surface area contributed by atoms with Crippen molar-refractivity contribution in [3.8, 4) is 22.8 Å². The number of aromatic nitrogens is 2. The van der Waals surface area contributed by atoms with E-state index in [-0.39, 0.29) is 21.1 Å². The Kier molecular flexibility index (Phi) is 7.64. The first-order valence-corrected chi connectivity index (χ1v) is 15.0. The molecular formula is C39H24N2OPtS. The van der Waals surface area contributed by atoms with E-state index in [0.717, 1.165) is 33.3 Å². The molecule has 0 aliphatic carbocycles. The van der Waals surface area contributed by atoms with Crippen LogP contribution in [-0.2, 0) is 26.5 Å². The topological polar surface area (TPSA) is 35.0 Å². The maximum Gasteiger partial charge on any atom is 2.00 e. The van der Waals surface area contributed by atoms with Gasteiger partial charge in [-0.25, -0.2) is 0 Å². The summed E-state index contributed by atoms with van der Waals surface area (Å²) >= 11 is 1.80. The largest absolute Gasteiger partial charge is 2.00 e. The van der Waals surface area contributed by atoms with Gasteiger partial charge in [-0.15, -0.1) is 41.5 Å². The predicted molar refractivity (Wildman–Crippen MR) is 172 cm³/mol. The van der Waals surface area contributed by atoms with E-state index in [2.05, 4.69) is 96.0 Å². The minimum atomic E-state index is -0.669. The Hall–Kier alpha value is -4.50. The van der Waals surface area contributed by atoms with E-state index in [1.807, 2.05) is 67.0 Å². The minimum Gasteiger partial charge on any atom is -0.503 e. The fourth-order valence-electron chi connectivity index (χ4n) is 6.11. The van der Waals surface area contributed by atoms with Crippen LogP contribution in [0.4, 0.5) is 0 Å². The van der Waals surface area contributed by atoms with E-state index in [0.29, 0.717) is 11.5 Å². The molecule has 0 saturated carbocycles. The smallest absolute Gasteiger partial charge is 0.503 e. The second kappa shape index (κ2) is 11.9. The van der Waals surface area contributed by atoms with Crippen LogP contribution in [0.5, 0.6) is 11.5 Å². The predicted octanol–water partition coefficient (Wildman–Crippen LogP) is 9.53. The summed E-state index contributed by atoms with van der Waals surface area (Å²) in [5, 5.41) is 2.22. The Morgan fingerprint density at radius 1 is 0.568 bits per heavy atom. The third kappa shape index (κ3) is 4.75. The zero-order valence-electron chi connectivity index (χ0n) is 23.4. The van der Waals surface area contributed by atoms with Crippen LogP contribution in [0.25, 0.3) is 22.0 Å². The summed E-state index contributed by atoms with van der Waals surface area (Å²) in [7, 11) is 0. The molecule has 44 heavy (non-hydrogen) atoms. The van der Waals surface area contributed by atoms with Crippen molar-refractivity contribution in [2.75, 3.05) is 0 Å². The van der Waals surface area contributed by atoms with E-state index in [1.54, 1.807) is 11.8 Å². The third-order valence-corrected chi connectivity index (χ3v) is 9.09. The summed E-state index contributed by atoms with van der Waals surface area (Å²) in [4.78, 5) is 12.0. The van der Waals surface area contributed by atoms with Crippen molar-refractivity contribution in [2.24, 2.45) is 0 Å². The van der Waals surface area contributed by atoms with Gasteiger partial charge in [0.1, 0.15) is 0 Å². The van der Waals surface area contributed by atoms with Crippen LogP contribution in [0.2, 0.25) is 0 Å². The molecule has 0 N–H and O–H groups in total. The molecule has 5 aromatic carbocycles. The number of pyridine rings is 2. The molecule has 5 heteroatoms. The van der Waals surface area contributed by atoms with E-state index >= 15 is 0 Å². The summed E-state index contributed by atoms with van der Waals surface area (Å²) in [6.45, 7) is 0. The third-order valence-electron chi connectivity index (χ3n) is 7.94. The Labute approximate surface area is 275 Å². The van der Waals surface area contributed by atoms with Crippen LogP contribution in [-0.4, -0.2) is 9.97 Å². The van der Waals surface area contributed by atoms with Crippen LogP contribution >= 0.6 is 11.8 Å². The van der Waals surface area contributed by atoms with Gasteiger partial charge in [-0.05, 0) is 57.9 Å². The number of hydrogen-bond acceptors (Lipinski definition) is 4. The fourth-order valence-corrected chi connectivity index (χ4v) is 7.30. The maximum absolute atomic E-state index is 6.48. The van der Waals surface area contributed by atoms with Gasteiger partial charge < -0.3 is 9.72 Å². The number of nitrogens with zero attached hydrogens (tertiary/aromatic N) is 2. The molecule has 1 aliphatic rings. The summed E-state index contributed by atoms with van der Waals surface area (Å²) in [5.41, 5.74) is 5.36. The van der Waals surface area contributed by atoms with Gasteiger partial charge in [0.15, 0.2) is 0 Å². The van der Waals surface area contributed by atoms with Gasteiger partial charge in [0.2, 0.25) is 0 Å². The number of ether oxygens (including phenoxy) is 1. The van der Waals surface area contributed by atoms with E-state index < -0.39 is 5.41 Å². The molecule has 0 radical (unpaired) electrons. The van der Waals surface area contributed by atoms with Crippen molar-refractivity contribution in [3.63, 3.8) is 0 Å². The first-order chi connectivity index (χ1) is 21.3. The second-order valence-corrected chi connectivity index (χ2v) is 11.5. The van der Waals surface area contributed by atoms with Crippen molar-refractivity contribution < 1.29 is 25.8 Å². The Bertz CT molecular complexity index is 2060. The summed E-state index contributed by atoms with van der Waals surface area (Å²) in [5.74, 6) is 1.22. The molecule has 2 aromatic heterocycles. The molecule has 0 saturated heterocycles. The van der Waals surface area contributed by atoms with Crippen molar-refractivity contribution in [2.45, 2.75) is 15.2 Å². The van der Waals surface area contributed by atoms with Crippen molar-refractivity contribution >= 4 is 22.5 Å². The molecule has 0 unspecified atom stereocenters. The van der Waals surface area contributed by atoms with Gasteiger partial charge in [0.25, 0.3) is 0 Å².